The molecule has 88 valence electrons. The van der Waals surface area contributed by atoms with E-state index in [1.165, 1.54) is 24.0 Å². The van der Waals surface area contributed by atoms with Crippen LogP contribution in [0.1, 0.15) is 37.8 Å². The van der Waals surface area contributed by atoms with Gasteiger partial charge in [0.25, 0.3) is 0 Å². The highest BCUT2D eigenvalue weighted by atomic mass is 16.5. The maximum absolute atomic E-state index is 9.23. The van der Waals surface area contributed by atoms with Gasteiger partial charge >= 0.3 is 0 Å². The van der Waals surface area contributed by atoms with Gasteiger partial charge in [-0.2, -0.15) is 0 Å². The standard InChI is InChI=1S/C14H20O2/c1-14(2,10-15)16-13-9-5-7-11-6-3-4-8-12(11)13/h5,7,9,15H,3-4,6,8,10H2,1-2H3. The van der Waals surface area contributed by atoms with Gasteiger partial charge in [0.1, 0.15) is 11.4 Å². The predicted octanol–water partition coefficient (Wildman–Crippen LogP) is 2.72. The van der Waals surface area contributed by atoms with E-state index < -0.39 is 5.60 Å². The van der Waals surface area contributed by atoms with Crippen LogP contribution in [0.25, 0.3) is 0 Å². The number of hydrogen-bond donors (Lipinski definition) is 1. The fraction of sp³-hybridized carbons (Fsp3) is 0.571. The van der Waals surface area contributed by atoms with Crippen molar-refractivity contribution in [3.63, 3.8) is 0 Å². The van der Waals surface area contributed by atoms with Crippen molar-refractivity contribution in [1.82, 2.24) is 0 Å². The second kappa shape index (κ2) is 4.46. The number of ether oxygens (including phenoxy) is 1. The van der Waals surface area contributed by atoms with Gasteiger partial charge in [-0.25, -0.2) is 0 Å². The summed E-state index contributed by atoms with van der Waals surface area (Å²) in [4.78, 5) is 0. The fourth-order valence-electron chi connectivity index (χ4n) is 2.17. The largest absolute Gasteiger partial charge is 0.485 e. The Bertz CT molecular complexity index is 369. The van der Waals surface area contributed by atoms with Crippen LogP contribution >= 0.6 is 0 Å². The summed E-state index contributed by atoms with van der Waals surface area (Å²) in [6.45, 7) is 3.86. The monoisotopic (exact) mass is 220 g/mol. The molecule has 1 aliphatic carbocycles. The Morgan fingerprint density at radius 1 is 1.25 bits per heavy atom. The molecule has 0 unspecified atom stereocenters. The van der Waals surface area contributed by atoms with Crippen molar-refractivity contribution in [3.8, 4) is 5.75 Å². The molecule has 0 aliphatic heterocycles. The molecule has 0 bridgehead atoms. The molecule has 2 rings (SSSR count). The molecule has 0 saturated carbocycles. The van der Waals surface area contributed by atoms with Gasteiger partial charge in [0.2, 0.25) is 0 Å². The number of hydrogen-bond acceptors (Lipinski definition) is 2. The van der Waals surface area contributed by atoms with Crippen LogP contribution < -0.4 is 4.74 Å². The van der Waals surface area contributed by atoms with Crippen molar-refractivity contribution < 1.29 is 9.84 Å². The summed E-state index contributed by atoms with van der Waals surface area (Å²) in [5, 5.41) is 9.23. The van der Waals surface area contributed by atoms with E-state index in [9.17, 15) is 5.11 Å². The first kappa shape index (κ1) is 11.5. The minimum absolute atomic E-state index is 0.0384. The molecule has 0 heterocycles. The highest BCUT2D eigenvalue weighted by molar-refractivity contribution is 5.42. The molecule has 1 aliphatic rings. The molecular weight excluding hydrogens is 200 g/mol. The topological polar surface area (TPSA) is 29.5 Å². The lowest BCUT2D eigenvalue weighted by Crippen LogP contribution is -2.33. The normalized spacial score (nSPS) is 15.7. The van der Waals surface area contributed by atoms with Crippen molar-refractivity contribution in [2.75, 3.05) is 6.61 Å². The SMILES string of the molecule is CC(C)(CO)Oc1cccc2c1CCCC2. The Morgan fingerprint density at radius 2 is 2.00 bits per heavy atom. The summed E-state index contributed by atoms with van der Waals surface area (Å²) in [7, 11) is 0. The van der Waals surface area contributed by atoms with Gasteiger partial charge in [-0.05, 0) is 56.7 Å². The maximum atomic E-state index is 9.23. The van der Waals surface area contributed by atoms with Crippen LogP contribution in [0.5, 0.6) is 5.75 Å². The lowest BCUT2D eigenvalue weighted by atomic mass is 9.91. The molecule has 0 aromatic heterocycles. The molecule has 1 aromatic rings. The number of rotatable bonds is 3. The van der Waals surface area contributed by atoms with E-state index in [0.29, 0.717) is 0 Å². The Hall–Kier alpha value is -1.02. The number of aryl methyl sites for hydroxylation is 1. The summed E-state index contributed by atoms with van der Waals surface area (Å²) >= 11 is 0. The zero-order chi connectivity index (χ0) is 11.6. The lowest BCUT2D eigenvalue weighted by Gasteiger charge is -2.27. The molecule has 2 heteroatoms. The summed E-state index contributed by atoms with van der Waals surface area (Å²) in [5.41, 5.74) is 2.26. The van der Waals surface area contributed by atoms with Gasteiger partial charge in [-0.3, -0.25) is 0 Å². The van der Waals surface area contributed by atoms with Gasteiger partial charge in [0.05, 0.1) is 6.61 Å². The van der Waals surface area contributed by atoms with Crippen LogP contribution in [0, 0.1) is 0 Å². The summed E-state index contributed by atoms with van der Waals surface area (Å²) in [6.07, 6.45) is 4.78. The molecule has 1 N–H and O–H groups in total. The average Bonchev–Trinajstić information content (AvgIpc) is 2.29. The van der Waals surface area contributed by atoms with Crippen molar-refractivity contribution in [3.05, 3.63) is 29.3 Å². The minimum atomic E-state index is -0.493. The summed E-state index contributed by atoms with van der Waals surface area (Å²) in [6, 6.07) is 6.25. The Balaban J connectivity index is 2.27. The quantitative estimate of drug-likeness (QED) is 0.848. The van der Waals surface area contributed by atoms with Crippen LogP contribution in [0.4, 0.5) is 0 Å². The third-order valence-electron chi connectivity index (χ3n) is 3.12. The second-order valence-corrected chi connectivity index (χ2v) is 5.12. The van der Waals surface area contributed by atoms with E-state index in [0.717, 1.165) is 18.6 Å². The van der Waals surface area contributed by atoms with E-state index in [1.807, 2.05) is 26.0 Å². The summed E-state index contributed by atoms with van der Waals surface area (Å²) < 4.78 is 5.90. The Kier molecular flexibility index (Phi) is 3.20. The van der Waals surface area contributed by atoms with E-state index in [-0.39, 0.29) is 6.61 Å². The first-order valence-electron chi connectivity index (χ1n) is 6.03. The lowest BCUT2D eigenvalue weighted by molar-refractivity contribution is 0.0402. The van der Waals surface area contributed by atoms with Crippen LogP contribution in [0.15, 0.2) is 18.2 Å². The summed E-state index contributed by atoms with van der Waals surface area (Å²) in [5.74, 6) is 0.955. The molecule has 0 atom stereocenters. The highest BCUT2D eigenvalue weighted by Gasteiger charge is 2.21. The molecule has 0 saturated heterocycles. The number of benzene rings is 1. The molecule has 0 amide bonds. The minimum Gasteiger partial charge on any atom is -0.485 e. The zero-order valence-corrected chi connectivity index (χ0v) is 10.1. The van der Waals surface area contributed by atoms with E-state index in [2.05, 4.69) is 6.07 Å². The third-order valence-corrected chi connectivity index (χ3v) is 3.12. The van der Waals surface area contributed by atoms with Crippen molar-refractivity contribution >= 4 is 0 Å². The van der Waals surface area contributed by atoms with Crippen molar-refractivity contribution in [1.29, 1.82) is 0 Å². The van der Waals surface area contributed by atoms with E-state index in [4.69, 9.17) is 4.74 Å². The molecule has 0 spiro atoms. The number of aliphatic hydroxyl groups is 1. The first-order valence-corrected chi connectivity index (χ1v) is 6.03. The zero-order valence-electron chi connectivity index (χ0n) is 10.1. The predicted molar refractivity (Wildman–Crippen MR) is 64.9 cm³/mol. The van der Waals surface area contributed by atoms with Crippen LogP contribution in [0.3, 0.4) is 0 Å². The van der Waals surface area contributed by atoms with Gasteiger partial charge in [0.15, 0.2) is 0 Å². The molecule has 2 nitrogen and oxygen atoms in total. The van der Waals surface area contributed by atoms with Crippen LogP contribution in [0.2, 0.25) is 0 Å². The molecular formula is C14H20O2. The van der Waals surface area contributed by atoms with Crippen LogP contribution in [-0.4, -0.2) is 17.3 Å². The number of aliphatic hydroxyl groups excluding tert-OH is 1. The van der Waals surface area contributed by atoms with Gasteiger partial charge in [0, 0.05) is 0 Å². The average molecular weight is 220 g/mol. The highest BCUT2D eigenvalue weighted by Crippen LogP contribution is 2.31. The fourth-order valence-corrected chi connectivity index (χ4v) is 2.17. The Morgan fingerprint density at radius 3 is 2.75 bits per heavy atom. The smallest absolute Gasteiger partial charge is 0.126 e. The third kappa shape index (κ3) is 2.38. The Labute approximate surface area is 97.3 Å². The molecule has 1 aromatic carbocycles. The van der Waals surface area contributed by atoms with Gasteiger partial charge in [-0.1, -0.05) is 12.1 Å². The van der Waals surface area contributed by atoms with Crippen molar-refractivity contribution in [2.45, 2.75) is 45.1 Å². The number of fused-ring (bicyclic) bond motifs is 1. The van der Waals surface area contributed by atoms with Crippen molar-refractivity contribution in [2.24, 2.45) is 0 Å². The molecule has 0 radical (unpaired) electrons. The molecule has 0 fully saturated rings. The second-order valence-electron chi connectivity index (χ2n) is 5.12. The van der Waals surface area contributed by atoms with Crippen LogP contribution in [-0.2, 0) is 12.8 Å². The maximum Gasteiger partial charge on any atom is 0.126 e. The van der Waals surface area contributed by atoms with Gasteiger partial charge < -0.3 is 9.84 Å². The molecule has 16 heavy (non-hydrogen) atoms. The van der Waals surface area contributed by atoms with E-state index in [1.54, 1.807) is 0 Å². The van der Waals surface area contributed by atoms with Gasteiger partial charge in [-0.15, -0.1) is 0 Å². The van der Waals surface area contributed by atoms with E-state index >= 15 is 0 Å². The first-order chi connectivity index (χ1) is 7.62.